The molecule has 9 nitrogen and oxygen atoms in total. The van der Waals surface area contributed by atoms with E-state index in [1.165, 1.54) is 10.8 Å². The molecule has 0 spiro atoms. The van der Waals surface area contributed by atoms with Crippen molar-refractivity contribution in [2.75, 3.05) is 13.2 Å². The average Bonchev–Trinajstić information content (AvgIpc) is 3.18. The van der Waals surface area contributed by atoms with Crippen molar-refractivity contribution in [3.63, 3.8) is 0 Å². The van der Waals surface area contributed by atoms with Gasteiger partial charge in [-0.2, -0.15) is 5.06 Å². The van der Waals surface area contributed by atoms with Crippen LogP contribution in [0, 0.1) is 12.3 Å². The monoisotopic (exact) mass is 385 g/mol. The van der Waals surface area contributed by atoms with Gasteiger partial charge in [-0.25, -0.2) is 9.59 Å². The molecule has 9 heteroatoms. The van der Waals surface area contributed by atoms with Gasteiger partial charge in [-0.1, -0.05) is 36.3 Å². The number of ether oxygens (including phenoxy) is 2. The number of amides is 1. The first kappa shape index (κ1) is 19.4. The Morgan fingerprint density at radius 1 is 1.29 bits per heavy atom. The number of hydrogen-bond acceptors (Lipinski definition) is 6. The first-order chi connectivity index (χ1) is 13.6. The highest BCUT2D eigenvalue weighted by molar-refractivity contribution is 5.66. The van der Waals surface area contributed by atoms with Gasteiger partial charge in [0.2, 0.25) is 0 Å². The third-order valence-electron chi connectivity index (χ3n) is 4.07. The van der Waals surface area contributed by atoms with Crippen LogP contribution in [0.2, 0.25) is 0 Å². The van der Waals surface area contributed by atoms with Gasteiger partial charge < -0.3 is 9.47 Å². The number of hydrogen-bond donors (Lipinski definition) is 1. The summed E-state index contributed by atoms with van der Waals surface area (Å²) in [5.74, 6) is 2.30. The first-order valence-electron chi connectivity index (χ1n) is 8.58. The molecule has 0 bridgehead atoms. The minimum absolute atomic E-state index is 0.0308. The van der Waals surface area contributed by atoms with Crippen LogP contribution in [0.15, 0.2) is 46.1 Å². The molecule has 1 N–H and O–H groups in total. The number of aromatic amines is 1. The molecule has 146 valence electrons. The van der Waals surface area contributed by atoms with Crippen LogP contribution in [0.4, 0.5) is 4.79 Å². The maximum absolute atomic E-state index is 12.4. The number of aromatic nitrogens is 2. The van der Waals surface area contributed by atoms with Crippen LogP contribution in [0.5, 0.6) is 0 Å². The molecular formula is C19H19N3O6. The van der Waals surface area contributed by atoms with E-state index in [4.69, 9.17) is 20.7 Å². The zero-order chi connectivity index (χ0) is 19.9. The van der Waals surface area contributed by atoms with Crippen LogP contribution in [-0.2, 0) is 27.5 Å². The molecule has 28 heavy (non-hydrogen) atoms. The van der Waals surface area contributed by atoms with Crippen molar-refractivity contribution in [2.24, 2.45) is 0 Å². The number of carbonyl (C=O) groups is 1. The van der Waals surface area contributed by atoms with Crippen LogP contribution >= 0.6 is 0 Å². The lowest BCUT2D eigenvalue weighted by atomic mass is 10.2. The molecule has 1 atom stereocenters. The summed E-state index contributed by atoms with van der Waals surface area (Å²) in [6.45, 7) is 0.256. The lowest BCUT2D eigenvalue weighted by Crippen LogP contribution is -2.40. The number of hydroxylamine groups is 2. The van der Waals surface area contributed by atoms with E-state index < -0.39 is 23.5 Å². The van der Waals surface area contributed by atoms with Crippen molar-refractivity contribution in [2.45, 2.75) is 25.8 Å². The Morgan fingerprint density at radius 2 is 2.07 bits per heavy atom. The Kier molecular flexibility index (Phi) is 6.26. The third-order valence-corrected chi connectivity index (χ3v) is 4.07. The highest BCUT2D eigenvalue weighted by atomic mass is 16.7. The van der Waals surface area contributed by atoms with Gasteiger partial charge in [-0.3, -0.25) is 19.2 Å². The lowest BCUT2D eigenvalue weighted by molar-refractivity contribution is -0.126. The van der Waals surface area contributed by atoms with Gasteiger partial charge in [-0.05, 0) is 5.56 Å². The van der Waals surface area contributed by atoms with Gasteiger partial charge in [0.25, 0.3) is 5.56 Å². The highest BCUT2D eigenvalue weighted by Crippen LogP contribution is 2.24. The second-order valence-electron chi connectivity index (χ2n) is 5.99. The van der Waals surface area contributed by atoms with E-state index in [0.29, 0.717) is 6.42 Å². The van der Waals surface area contributed by atoms with Crippen molar-refractivity contribution in [3.8, 4) is 12.3 Å². The Labute approximate surface area is 160 Å². The van der Waals surface area contributed by atoms with E-state index in [9.17, 15) is 14.4 Å². The summed E-state index contributed by atoms with van der Waals surface area (Å²) in [5.41, 5.74) is -0.211. The second kappa shape index (κ2) is 9.03. The molecule has 2 heterocycles. The van der Waals surface area contributed by atoms with Crippen molar-refractivity contribution in [1.29, 1.82) is 0 Å². The molecule has 1 aromatic heterocycles. The molecule has 1 unspecified atom stereocenters. The van der Waals surface area contributed by atoms with Crippen LogP contribution in [-0.4, -0.2) is 33.9 Å². The number of benzene rings is 1. The smallest absolute Gasteiger partial charge is 0.436 e. The van der Waals surface area contributed by atoms with E-state index in [1.807, 2.05) is 30.3 Å². The SMILES string of the molecule is C#CCOCc1cn(C2CCON2C(=O)OCc2ccccc2)c(=O)[nH]c1=O. The number of H-pyrrole nitrogens is 1. The van der Waals surface area contributed by atoms with Crippen LogP contribution in [0.25, 0.3) is 0 Å². The minimum Gasteiger partial charge on any atom is -0.443 e. The molecule has 0 radical (unpaired) electrons. The van der Waals surface area contributed by atoms with Gasteiger partial charge in [0.05, 0.1) is 18.8 Å². The van der Waals surface area contributed by atoms with E-state index in [0.717, 1.165) is 10.6 Å². The van der Waals surface area contributed by atoms with Crippen molar-refractivity contribution < 1.29 is 19.1 Å². The summed E-state index contributed by atoms with van der Waals surface area (Å²) in [6.07, 6.45) is 5.34. The quantitative estimate of drug-likeness (QED) is 0.591. The van der Waals surface area contributed by atoms with E-state index in [-0.39, 0.29) is 32.0 Å². The topological polar surface area (TPSA) is 103 Å². The number of nitrogens with one attached hydrogen (secondary N) is 1. The molecule has 1 aliphatic heterocycles. The minimum atomic E-state index is -0.751. The fourth-order valence-electron chi connectivity index (χ4n) is 2.74. The maximum Gasteiger partial charge on any atom is 0.436 e. The fraction of sp³-hybridized carbons (Fsp3) is 0.316. The summed E-state index contributed by atoms with van der Waals surface area (Å²) in [7, 11) is 0. The summed E-state index contributed by atoms with van der Waals surface area (Å²) < 4.78 is 11.6. The Morgan fingerprint density at radius 3 is 2.82 bits per heavy atom. The molecule has 1 saturated heterocycles. The summed E-state index contributed by atoms with van der Waals surface area (Å²) in [5, 5.41) is 0.995. The van der Waals surface area contributed by atoms with Gasteiger partial charge in [0.1, 0.15) is 19.4 Å². The predicted octanol–water partition coefficient (Wildman–Crippen LogP) is 1.16. The van der Waals surface area contributed by atoms with Crippen molar-refractivity contribution in [3.05, 3.63) is 68.5 Å². The molecule has 0 saturated carbocycles. The zero-order valence-corrected chi connectivity index (χ0v) is 15.0. The molecule has 1 amide bonds. The van der Waals surface area contributed by atoms with E-state index in [1.54, 1.807) is 0 Å². The largest absolute Gasteiger partial charge is 0.443 e. The summed E-state index contributed by atoms with van der Waals surface area (Å²) in [6, 6.07) is 9.18. The van der Waals surface area contributed by atoms with Gasteiger partial charge in [0.15, 0.2) is 0 Å². The second-order valence-corrected chi connectivity index (χ2v) is 5.99. The molecule has 0 aliphatic carbocycles. The number of rotatable bonds is 6. The first-order valence-corrected chi connectivity index (χ1v) is 8.58. The summed E-state index contributed by atoms with van der Waals surface area (Å²) >= 11 is 0. The lowest BCUT2D eigenvalue weighted by Gasteiger charge is -2.23. The third kappa shape index (κ3) is 4.49. The van der Waals surface area contributed by atoms with Crippen LogP contribution in [0.1, 0.15) is 23.7 Å². The van der Waals surface area contributed by atoms with Gasteiger partial charge >= 0.3 is 11.8 Å². The fourth-order valence-corrected chi connectivity index (χ4v) is 2.74. The predicted molar refractivity (Wildman–Crippen MR) is 97.9 cm³/mol. The molecular weight excluding hydrogens is 366 g/mol. The maximum atomic E-state index is 12.4. The normalized spacial score (nSPS) is 16.0. The van der Waals surface area contributed by atoms with Crippen molar-refractivity contribution in [1.82, 2.24) is 14.6 Å². The molecule has 1 aromatic carbocycles. The highest BCUT2D eigenvalue weighted by Gasteiger charge is 2.34. The standard InChI is InChI=1S/C19H19N3O6/c1-2-9-26-13-15-11-21(18(24)20-17(15)23)16-8-10-28-22(16)19(25)27-12-14-6-4-3-5-7-14/h1,3-7,11,16H,8-10,12-13H2,(H,20,23,24). The van der Waals surface area contributed by atoms with Crippen LogP contribution < -0.4 is 11.2 Å². The Balaban J connectivity index is 1.75. The van der Waals surface area contributed by atoms with Gasteiger partial charge in [0, 0.05) is 12.6 Å². The number of carbonyl (C=O) groups excluding carboxylic acids is 1. The summed E-state index contributed by atoms with van der Waals surface area (Å²) in [4.78, 5) is 44.2. The molecule has 3 rings (SSSR count). The van der Waals surface area contributed by atoms with Crippen LogP contribution in [0.3, 0.4) is 0 Å². The average molecular weight is 385 g/mol. The molecule has 1 aliphatic rings. The number of terminal acetylenes is 1. The van der Waals surface area contributed by atoms with Crippen molar-refractivity contribution >= 4 is 6.09 Å². The Hall–Kier alpha value is -3.35. The molecule has 2 aromatic rings. The van der Waals surface area contributed by atoms with E-state index in [2.05, 4.69) is 10.9 Å². The van der Waals surface area contributed by atoms with E-state index >= 15 is 0 Å². The number of nitrogens with zero attached hydrogens (tertiary/aromatic N) is 2. The zero-order valence-electron chi connectivity index (χ0n) is 15.0. The Bertz CT molecular complexity index is 976. The molecule has 1 fully saturated rings. The van der Waals surface area contributed by atoms with Gasteiger partial charge in [-0.15, -0.1) is 6.42 Å².